The molecule has 0 bridgehead atoms. The van der Waals surface area contributed by atoms with Crippen molar-refractivity contribution in [1.29, 1.82) is 0 Å². The molecule has 0 aliphatic rings. The molecule has 0 aromatic rings. The minimum absolute atomic E-state index is 0.106. The van der Waals surface area contributed by atoms with Gasteiger partial charge in [-0.25, -0.2) is 13.2 Å². The molecule has 0 spiro atoms. The second-order valence-electron chi connectivity index (χ2n) is 2.44. The van der Waals surface area contributed by atoms with Gasteiger partial charge in [-0.1, -0.05) is 0 Å². The second-order valence-corrected chi connectivity index (χ2v) is 4.32. The highest BCUT2D eigenvalue weighted by molar-refractivity contribution is 7.94. The van der Waals surface area contributed by atoms with Crippen LogP contribution in [0, 0.1) is 0 Å². The fraction of sp³-hybridized carbons (Fsp3) is 0.500. The van der Waals surface area contributed by atoms with Gasteiger partial charge in [0.1, 0.15) is 0 Å². The SMILES string of the molecule is CCOC(=O)CS(=O)(=O)/C=C/C(=O)OC. The minimum Gasteiger partial charge on any atom is -0.466 e. The normalized spacial score (nSPS) is 11.3. The van der Waals surface area contributed by atoms with E-state index in [0.29, 0.717) is 5.41 Å². The Bertz CT molecular complexity index is 353. The highest BCUT2D eigenvalue weighted by atomic mass is 32.2. The van der Waals surface area contributed by atoms with Gasteiger partial charge >= 0.3 is 11.9 Å². The van der Waals surface area contributed by atoms with Gasteiger partial charge in [0, 0.05) is 11.5 Å². The fourth-order valence-corrected chi connectivity index (χ4v) is 1.47. The van der Waals surface area contributed by atoms with Crippen molar-refractivity contribution < 1.29 is 27.5 Å². The number of hydrogen-bond acceptors (Lipinski definition) is 6. The third-order valence-corrected chi connectivity index (χ3v) is 2.43. The summed E-state index contributed by atoms with van der Waals surface area (Å²) < 4.78 is 30.9. The molecule has 0 saturated heterocycles. The molecule has 0 aromatic carbocycles. The monoisotopic (exact) mass is 236 g/mol. The zero-order valence-corrected chi connectivity index (χ0v) is 9.24. The standard InChI is InChI=1S/C8H12O6S/c1-3-14-8(10)6-15(11,12)5-4-7(9)13-2/h4-5H,3,6H2,1-2H3/b5-4+. The van der Waals surface area contributed by atoms with E-state index in [9.17, 15) is 18.0 Å². The predicted molar refractivity (Wildman–Crippen MR) is 51.6 cm³/mol. The first-order chi connectivity index (χ1) is 6.91. The van der Waals surface area contributed by atoms with Crippen LogP contribution < -0.4 is 0 Å². The first-order valence-corrected chi connectivity index (χ1v) is 5.77. The summed E-state index contributed by atoms with van der Waals surface area (Å²) >= 11 is 0. The molecule has 15 heavy (non-hydrogen) atoms. The molecule has 0 radical (unpaired) electrons. The van der Waals surface area contributed by atoms with E-state index in [-0.39, 0.29) is 6.61 Å². The molecule has 0 rings (SSSR count). The lowest BCUT2D eigenvalue weighted by molar-refractivity contribution is -0.140. The molecule has 0 amide bonds. The molecule has 0 atom stereocenters. The zero-order valence-electron chi connectivity index (χ0n) is 8.43. The first kappa shape index (κ1) is 13.6. The van der Waals surface area contributed by atoms with Gasteiger partial charge in [-0.3, -0.25) is 4.79 Å². The minimum atomic E-state index is -3.76. The lowest BCUT2D eigenvalue weighted by Crippen LogP contribution is -2.16. The summed E-state index contributed by atoms with van der Waals surface area (Å²) in [5.41, 5.74) is 0. The van der Waals surface area contributed by atoms with Crippen LogP contribution in [-0.2, 0) is 28.9 Å². The van der Waals surface area contributed by atoms with Gasteiger partial charge in [0.15, 0.2) is 15.6 Å². The average Bonchev–Trinajstić information content (AvgIpc) is 2.13. The topological polar surface area (TPSA) is 86.7 Å². The van der Waals surface area contributed by atoms with Crippen molar-refractivity contribution in [2.24, 2.45) is 0 Å². The van der Waals surface area contributed by atoms with Crippen molar-refractivity contribution in [2.45, 2.75) is 6.92 Å². The maximum Gasteiger partial charge on any atom is 0.331 e. The predicted octanol–water partition coefficient (Wildman–Crippen LogP) is -0.349. The molecule has 86 valence electrons. The van der Waals surface area contributed by atoms with E-state index >= 15 is 0 Å². The molecule has 0 aliphatic heterocycles. The van der Waals surface area contributed by atoms with Gasteiger partial charge in [-0.05, 0) is 6.92 Å². The Morgan fingerprint density at radius 2 is 1.93 bits per heavy atom. The largest absolute Gasteiger partial charge is 0.466 e. The van der Waals surface area contributed by atoms with Crippen LogP contribution in [0.2, 0.25) is 0 Å². The Morgan fingerprint density at radius 1 is 1.33 bits per heavy atom. The third-order valence-electron chi connectivity index (χ3n) is 1.24. The molecule has 0 aromatic heterocycles. The molecule has 0 aliphatic carbocycles. The maximum atomic E-state index is 11.1. The molecule has 0 N–H and O–H groups in total. The Labute approximate surface area is 87.8 Å². The van der Waals surface area contributed by atoms with E-state index in [0.717, 1.165) is 13.2 Å². The molecule has 0 unspecified atom stereocenters. The lowest BCUT2D eigenvalue weighted by Gasteiger charge is -1.99. The van der Waals surface area contributed by atoms with Crippen LogP contribution in [0.4, 0.5) is 0 Å². The highest BCUT2D eigenvalue weighted by Crippen LogP contribution is 1.95. The average molecular weight is 236 g/mol. The van der Waals surface area contributed by atoms with E-state index < -0.39 is 27.5 Å². The molecule has 0 fully saturated rings. The number of ether oxygens (including phenoxy) is 2. The van der Waals surface area contributed by atoms with E-state index in [2.05, 4.69) is 9.47 Å². The number of methoxy groups -OCH3 is 1. The molecule has 0 heterocycles. The van der Waals surface area contributed by atoms with E-state index in [4.69, 9.17) is 0 Å². The van der Waals surface area contributed by atoms with Gasteiger partial charge in [0.05, 0.1) is 13.7 Å². The van der Waals surface area contributed by atoms with Gasteiger partial charge in [0.25, 0.3) is 0 Å². The Balaban J connectivity index is 4.38. The summed E-state index contributed by atoms with van der Waals surface area (Å²) in [6.45, 7) is 1.67. The Hall–Kier alpha value is -1.37. The molecule has 0 saturated carbocycles. The lowest BCUT2D eigenvalue weighted by atomic mass is 10.7. The van der Waals surface area contributed by atoms with Crippen LogP contribution in [0.3, 0.4) is 0 Å². The van der Waals surface area contributed by atoms with E-state index in [1.807, 2.05) is 0 Å². The van der Waals surface area contributed by atoms with Crippen LogP contribution >= 0.6 is 0 Å². The van der Waals surface area contributed by atoms with E-state index in [1.165, 1.54) is 0 Å². The number of esters is 2. The first-order valence-electron chi connectivity index (χ1n) is 4.05. The summed E-state index contributed by atoms with van der Waals surface area (Å²) in [5.74, 6) is -2.44. The van der Waals surface area contributed by atoms with Crippen LogP contribution in [0.25, 0.3) is 0 Å². The third kappa shape index (κ3) is 6.67. The number of sulfone groups is 1. The smallest absolute Gasteiger partial charge is 0.331 e. The van der Waals surface area contributed by atoms with Crippen molar-refractivity contribution in [1.82, 2.24) is 0 Å². The van der Waals surface area contributed by atoms with Gasteiger partial charge < -0.3 is 9.47 Å². The summed E-state index contributed by atoms with van der Waals surface area (Å²) in [7, 11) is -2.65. The Morgan fingerprint density at radius 3 is 2.40 bits per heavy atom. The number of carbonyl (C=O) groups excluding carboxylic acids is 2. The van der Waals surface area contributed by atoms with Crippen molar-refractivity contribution in [2.75, 3.05) is 19.5 Å². The highest BCUT2D eigenvalue weighted by Gasteiger charge is 2.14. The number of carbonyl (C=O) groups is 2. The van der Waals surface area contributed by atoms with Crippen molar-refractivity contribution in [3.63, 3.8) is 0 Å². The van der Waals surface area contributed by atoms with Crippen LogP contribution in [-0.4, -0.2) is 39.8 Å². The van der Waals surface area contributed by atoms with Crippen molar-refractivity contribution in [3.05, 3.63) is 11.5 Å². The molecule has 7 heteroatoms. The summed E-state index contributed by atoms with van der Waals surface area (Å²) in [6, 6.07) is 0. The quantitative estimate of drug-likeness (QED) is 0.479. The van der Waals surface area contributed by atoms with Crippen molar-refractivity contribution in [3.8, 4) is 0 Å². The van der Waals surface area contributed by atoms with Crippen LogP contribution in [0.5, 0.6) is 0 Å². The molecule has 6 nitrogen and oxygen atoms in total. The van der Waals surface area contributed by atoms with Crippen LogP contribution in [0.1, 0.15) is 6.92 Å². The molecular weight excluding hydrogens is 224 g/mol. The second kappa shape index (κ2) is 6.18. The zero-order chi connectivity index (χ0) is 11.9. The summed E-state index contributed by atoms with van der Waals surface area (Å²) in [6.07, 6.45) is 0.731. The van der Waals surface area contributed by atoms with Crippen molar-refractivity contribution >= 4 is 21.8 Å². The summed E-state index contributed by atoms with van der Waals surface area (Å²) in [4.78, 5) is 21.4. The van der Waals surface area contributed by atoms with Gasteiger partial charge in [-0.2, -0.15) is 0 Å². The van der Waals surface area contributed by atoms with E-state index in [1.54, 1.807) is 6.92 Å². The Kier molecular flexibility index (Phi) is 5.61. The number of rotatable bonds is 5. The van der Waals surface area contributed by atoms with Crippen LogP contribution in [0.15, 0.2) is 11.5 Å². The van der Waals surface area contributed by atoms with Gasteiger partial charge in [-0.15, -0.1) is 0 Å². The summed E-state index contributed by atoms with van der Waals surface area (Å²) in [5, 5.41) is 0.621. The van der Waals surface area contributed by atoms with Gasteiger partial charge in [0.2, 0.25) is 0 Å². The molecular formula is C8H12O6S. The fourth-order valence-electron chi connectivity index (χ4n) is 0.642. The maximum absolute atomic E-state index is 11.1. The number of hydrogen-bond donors (Lipinski definition) is 0.